The molecule has 1 aromatic rings. The van der Waals surface area contributed by atoms with E-state index in [1.54, 1.807) is 13.8 Å². The first-order valence-electron chi connectivity index (χ1n) is 5.98. The fourth-order valence-electron chi connectivity index (χ4n) is 2.17. The number of carbonyl (C=O) groups excluding carboxylic acids is 1. The van der Waals surface area contributed by atoms with Crippen LogP contribution in [0.1, 0.15) is 21.9 Å². The van der Waals surface area contributed by atoms with Crippen LogP contribution < -0.4 is 0 Å². The van der Waals surface area contributed by atoms with Crippen molar-refractivity contribution in [2.75, 3.05) is 19.3 Å². The van der Waals surface area contributed by atoms with Crippen molar-refractivity contribution in [2.24, 2.45) is 0 Å². The first kappa shape index (κ1) is 14.2. The minimum absolute atomic E-state index is 0.140. The van der Waals surface area contributed by atoms with Gasteiger partial charge in [-0.05, 0) is 20.1 Å². The quantitative estimate of drug-likeness (QED) is 0.586. The fraction of sp³-hybridized carbons (Fsp3) is 0.583. The van der Waals surface area contributed by atoms with E-state index in [1.165, 1.54) is 16.7 Å². The summed E-state index contributed by atoms with van der Waals surface area (Å²) in [5.41, 5.74) is 1.08. The summed E-state index contributed by atoms with van der Waals surface area (Å²) in [6, 6.07) is 0. The molecule has 2 heterocycles. The first-order chi connectivity index (χ1) is 8.93. The smallest absolute Gasteiger partial charge is 0.258 e. The van der Waals surface area contributed by atoms with Crippen LogP contribution in [0.2, 0.25) is 0 Å². The number of β-amino-alcohol motifs (C(OH)–C–C–N with tert-alkyl or cyclic N) is 2. The van der Waals surface area contributed by atoms with Gasteiger partial charge in [0.1, 0.15) is 10.9 Å². The van der Waals surface area contributed by atoms with Crippen molar-refractivity contribution in [3.05, 3.63) is 17.1 Å². The topological polar surface area (TPSA) is 86.6 Å². The molecular formula is C12H17N3O3S. The molecule has 1 fully saturated rings. The van der Waals surface area contributed by atoms with E-state index in [-0.39, 0.29) is 19.0 Å². The third-order valence-electron chi connectivity index (χ3n) is 3.12. The Morgan fingerprint density at radius 3 is 2.37 bits per heavy atom. The lowest BCUT2D eigenvalue weighted by Gasteiger charge is -2.18. The van der Waals surface area contributed by atoms with Gasteiger partial charge in [-0.1, -0.05) is 0 Å². The van der Waals surface area contributed by atoms with E-state index in [2.05, 4.69) is 9.97 Å². The summed E-state index contributed by atoms with van der Waals surface area (Å²) in [5.74, 6) is 0.386. The number of carbonyl (C=O) groups is 1. The molecule has 2 atom stereocenters. The van der Waals surface area contributed by atoms with Crippen LogP contribution in [0.25, 0.3) is 0 Å². The van der Waals surface area contributed by atoms with Crippen molar-refractivity contribution >= 4 is 17.7 Å². The molecule has 6 nitrogen and oxygen atoms in total. The van der Waals surface area contributed by atoms with Crippen LogP contribution >= 0.6 is 11.8 Å². The molecule has 1 aliphatic heterocycles. The van der Waals surface area contributed by atoms with Crippen molar-refractivity contribution < 1.29 is 15.0 Å². The van der Waals surface area contributed by atoms with Gasteiger partial charge in [-0.15, -0.1) is 11.8 Å². The summed E-state index contributed by atoms with van der Waals surface area (Å²) in [7, 11) is 0. The third kappa shape index (κ3) is 2.72. The molecule has 0 spiro atoms. The van der Waals surface area contributed by atoms with Gasteiger partial charge in [-0.2, -0.15) is 0 Å². The summed E-state index contributed by atoms with van der Waals surface area (Å²) in [5, 5.41) is 19.7. The van der Waals surface area contributed by atoms with Crippen LogP contribution in [-0.2, 0) is 0 Å². The van der Waals surface area contributed by atoms with E-state index in [0.717, 1.165) is 0 Å². The van der Waals surface area contributed by atoms with Gasteiger partial charge in [0.25, 0.3) is 5.91 Å². The molecule has 1 aliphatic rings. The van der Waals surface area contributed by atoms with Crippen molar-refractivity contribution in [3.8, 4) is 0 Å². The van der Waals surface area contributed by atoms with Crippen molar-refractivity contribution in [1.82, 2.24) is 14.9 Å². The van der Waals surface area contributed by atoms with Crippen molar-refractivity contribution in [3.63, 3.8) is 0 Å². The Balaban J connectivity index is 2.34. The van der Waals surface area contributed by atoms with Gasteiger partial charge in [-0.3, -0.25) is 4.79 Å². The second-order valence-corrected chi connectivity index (χ2v) is 5.38. The van der Waals surface area contributed by atoms with E-state index in [1.807, 2.05) is 6.26 Å². The van der Waals surface area contributed by atoms with Gasteiger partial charge < -0.3 is 15.1 Å². The number of hydrogen-bond donors (Lipinski definition) is 2. The molecule has 1 amide bonds. The Bertz CT molecular complexity index is 499. The zero-order valence-electron chi connectivity index (χ0n) is 11.1. The molecule has 0 aliphatic carbocycles. The minimum Gasteiger partial charge on any atom is -0.388 e. The molecule has 0 aromatic carbocycles. The second-order valence-electron chi connectivity index (χ2n) is 4.59. The van der Waals surface area contributed by atoms with Crippen LogP contribution in [0.3, 0.4) is 0 Å². The highest BCUT2D eigenvalue weighted by molar-refractivity contribution is 7.98. The number of aromatic nitrogens is 2. The third-order valence-corrected chi connectivity index (χ3v) is 3.80. The second kappa shape index (κ2) is 5.44. The number of hydrogen-bond acceptors (Lipinski definition) is 6. The molecule has 104 valence electrons. The van der Waals surface area contributed by atoms with E-state index in [4.69, 9.17) is 0 Å². The van der Waals surface area contributed by atoms with Gasteiger partial charge in [0.15, 0.2) is 0 Å². The monoisotopic (exact) mass is 283 g/mol. The number of aliphatic hydroxyl groups is 2. The normalized spacial score (nSPS) is 22.9. The molecule has 7 heteroatoms. The lowest BCUT2D eigenvalue weighted by Crippen LogP contribution is -2.31. The number of aliphatic hydroxyl groups excluding tert-OH is 2. The Hall–Kier alpha value is -1.18. The van der Waals surface area contributed by atoms with Crippen molar-refractivity contribution in [2.45, 2.75) is 31.1 Å². The van der Waals surface area contributed by atoms with Crippen molar-refractivity contribution in [1.29, 1.82) is 0 Å². The average molecular weight is 283 g/mol. The predicted octanol–water partition coefficient (Wildman–Crippen LogP) is -0.00706. The van der Waals surface area contributed by atoms with Gasteiger partial charge in [0.2, 0.25) is 0 Å². The van der Waals surface area contributed by atoms with E-state index < -0.39 is 12.2 Å². The van der Waals surface area contributed by atoms with Crippen LogP contribution in [-0.4, -0.2) is 62.5 Å². The Morgan fingerprint density at radius 1 is 1.26 bits per heavy atom. The maximum Gasteiger partial charge on any atom is 0.258 e. The standard InChI is InChI=1S/C12H17N3O3S/c1-6-10(11(19-3)14-7(2)13-6)12(18)15-4-8(16)9(17)5-15/h8-9,16-17H,4-5H2,1-3H3/t8-,9+. The molecule has 0 radical (unpaired) electrons. The Morgan fingerprint density at radius 2 is 1.84 bits per heavy atom. The minimum atomic E-state index is -0.881. The number of likely N-dealkylation sites (tertiary alicyclic amines) is 1. The largest absolute Gasteiger partial charge is 0.388 e. The summed E-state index contributed by atoms with van der Waals surface area (Å²) >= 11 is 1.39. The fourth-order valence-corrected chi connectivity index (χ4v) is 2.83. The zero-order valence-corrected chi connectivity index (χ0v) is 11.9. The molecule has 2 N–H and O–H groups in total. The SMILES string of the molecule is CSc1nc(C)nc(C)c1C(=O)N1C[C@@H](O)[C@@H](O)C1. The van der Waals surface area contributed by atoms with E-state index >= 15 is 0 Å². The number of thioether (sulfide) groups is 1. The maximum absolute atomic E-state index is 12.5. The maximum atomic E-state index is 12.5. The van der Waals surface area contributed by atoms with Gasteiger partial charge >= 0.3 is 0 Å². The Labute approximate surface area is 115 Å². The molecule has 19 heavy (non-hydrogen) atoms. The molecule has 0 saturated carbocycles. The average Bonchev–Trinajstić information content (AvgIpc) is 2.68. The van der Waals surface area contributed by atoms with Crippen LogP contribution in [0.15, 0.2) is 5.03 Å². The predicted molar refractivity (Wildman–Crippen MR) is 71.2 cm³/mol. The Kier molecular flexibility index (Phi) is 4.07. The molecule has 0 unspecified atom stereocenters. The molecule has 1 saturated heterocycles. The highest BCUT2D eigenvalue weighted by Crippen LogP contribution is 2.24. The molecule has 0 bridgehead atoms. The number of rotatable bonds is 2. The zero-order chi connectivity index (χ0) is 14.2. The van der Waals surface area contributed by atoms with Gasteiger partial charge in [-0.25, -0.2) is 9.97 Å². The molecule has 2 rings (SSSR count). The van der Waals surface area contributed by atoms with E-state index in [9.17, 15) is 15.0 Å². The number of amides is 1. The molecule has 1 aromatic heterocycles. The summed E-state index contributed by atoms with van der Waals surface area (Å²) < 4.78 is 0. The lowest BCUT2D eigenvalue weighted by molar-refractivity contribution is 0.0572. The summed E-state index contributed by atoms with van der Waals surface area (Å²) in [6.45, 7) is 3.83. The van der Waals surface area contributed by atoms with Crippen LogP contribution in [0.4, 0.5) is 0 Å². The van der Waals surface area contributed by atoms with Crippen LogP contribution in [0, 0.1) is 13.8 Å². The van der Waals surface area contributed by atoms with E-state index in [0.29, 0.717) is 22.1 Å². The number of nitrogens with zero attached hydrogens (tertiary/aromatic N) is 3. The van der Waals surface area contributed by atoms with Gasteiger partial charge in [0, 0.05) is 13.1 Å². The number of aryl methyl sites for hydroxylation is 2. The van der Waals surface area contributed by atoms with Gasteiger partial charge in [0.05, 0.1) is 23.5 Å². The lowest BCUT2D eigenvalue weighted by atomic mass is 10.2. The molecular weight excluding hydrogens is 266 g/mol. The summed E-state index contributed by atoms with van der Waals surface area (Å²) in [6.07, 6.45) is 0.0905. The highest BCUT2D eigenvalue weighted by atomic mass is 32.2. The first-order valence-corrected chi connectivity index (χ1v) is 7.21. The van der Waals surface area contributed by atoms with Crippen LogP contribution in [0.5, 0.6) is 0 Å². The summed E-state index contributed by atoms with van der Waals surface area (Å²) in [4.78, 5) is 22.4. The highest BCUT2D eigenvalue weighted by Gasteiger charge is 2.34.